The molecule has 14 heavy (non-hydrogen) atoms. The van der Waals surface area contributed by atoms with E-state index in [4.69, 9.17) is 0 Å². The Morgan fingerprint density at radius 2 is 2.14 bits per heavy atom. The fourth-order valence-electron chi connectivity index (χ4n) is 3.26. The van der Waals surface area contributed by atoms with Crippen LogP contribution in [0, 0.1) is 5.92 Å². The molecular weight excluding hydrogens is 172 g/mol. The van der Waals surface area contributed by atoms with Gasteiger partial charge in [-0.2, -0.15) is 0 Å². The highest BCUT2D eigenvalue weighted by atomic mass is 15.2. The summed E-state index contributed by atoms with van der Waals surface area (Å²) in [6.45, 7) is 5.29. The van der Waals surface area contributed by atoms with Crippen LogP contribution >= 0.6 is 0 Å². The van der Waals surface area contributed by atoms with Gasteiger partial charge in [-0.05, 0) is 51.1 Å². The van der Waals surface area contributed by atoms with E-state index >= 15 is 0 Å². The molecule has 0 aromatic carbocycles. The van der Waals surface area contributed by atoms with Crippen LogP contribution in [0.2, 0.25) is 0 Å². The Bertz CT molecular complexity index is 204. The van der Waals surface area contributed by atoms with Crippen molar-refractivity contribution in [2.24, 2.45) is 5.92 Å². The van der Waals surface area contributed by atoms with E-state index in [-0.39, 0.29) is 0 Å². The first-order valence-electron chi connectivity index (χ1n) is 6.35. The minimum absolute atomic E-state index is 0.584. The van der Waals surface area contributed by atoms with Gasteiger partial charge in [-0.15, -0.1) is 0 Å². The highest BCUT2D eigenvalue weighted by Gasteiger charge is 2.42. The molecule has 0 amide bonds. The van der Waals surface area contributed by atoms with Crippen LogP contribution in [0.3, 0.4) is 0 Å². The van der Waals surface area contributed by atoms with Crippen molar-refractivity contribution in [2.45, 2.75) is 44.1 Å². The van der Waals surface area contributed by atoms with Gasteiger partial charge in [-0.1, -0.05) is 6.42 Å². The van der Waals surface area contributed by atoms with Gasteiger partial charge in [0.2, 0.25) is 0 Å². The van der Waals surface area contributed by atoms with E-state index in [1.165, 1.54) is 64.7 Å². The number of likely N-dealkylation sites (tertiary alicyclic amines) is 1. The molecule has 1 spiro atoms. The summed E-state index contributed by atoms with van der Waals surface area (Å²) in [4.78, 5) is 2.83. The molecule has 80 valence electrons. The van der Waals surface area contributed by atoms with Crippen molar-refractivity contribution in [1.82, 2.24) is 10.2 Å². The van der Waals surface area contributed by atoms with Crippen LogP contribution in [0.15, 0.2) is 0 Å². The topological polar surface area (TPSA) is 15.3 Å². The molecule has 1 saturated carbocycles. The second kappa shape index (κ2) is 3.49. The van der Waals surface area contributed by atoms with Gasteiger partial charge in [0.25, 0.3) is 0 Å². The van der Waals surface area contributed by atoms with Crippen LogP contribution in [0.4, 0.5) is 0 Å². The summed E-state index contributed by atoms with van der Waals surface area (Å²) in [7, 11) is 0. The Morgan fingerprint density at radius 3 is 2.86 bits per heavy atom. The van der Waals surface area contributed by atoms with Gasteiger partial charge in [0.15, 0.2) is 0 Å². The third-order valence-corrected chi connectivity index (χ3v) is 4.39. The fourth-order valence-corrected chi connectivity index (χ4v) is 3.26. The zero-order valence-corrected chi connectivity index (χ0v) is 9.10. The van der Waals surface area contributed by atoms with Gasteiger partial charge in [-0.3, -0.25) is 4.90 Å². The lowest BCUT2D eigenvalue weighted by atomic mass is 9.85. The molecular formula is C12H22N2. The number of piperidine rings is 1. The maximum Gasteiger partial charge on any atom is 0.0346 e. The Hall–Kier alpha value is -0.0800. The van der Waals surface area contributed by atoms with Crippen LogP contribution in [-0.2, 0) is 0 Å². The molecule has 2 nitrogen and oxygen atoms in total. The molecule has 2 aliphatic heterocycles. The van der Waals surface area contributed by atoms with Crippen LogP contribution in [0.1, 0.15) is 38.5 Å². The largest absolute Gasteiger partial charge is 0.315 e. The molecule has 2 heterocycles. The first-order valence-corrected chi connectivity index (χ1v) is 6.35. The minimum Gasteiger partial charge on any atom is -0.315 e. The summed E-state index contributed by atoms with van der Waals surface area (Å²) < 4.78 is 0. The van der Waals surface area contributed by atoms with Crippen LogP contribution < -0.4 is 5.32 Å². The molecule has 0 aromatic rings. The lowest BCUT2D eigenvalue weighted by molar-refractivity contribution is 0.0577. The molecule has 1 aliphatic carbocycles. The zero-order valence-electron chi connectivity index (χ0n) is 9.10. The summed E-state index contributed by atoms with van der Waals surface area (Å²) in [5, 5.41) is 3.56. The lowest BCUT2D eigenvalue weighted by Gasteiger charge is -2.44. The highest BCUT2D eigenvalue weighted by Crippen LogP contribution is 2.38. The molecule has 0 radical (unpaired) electrons. The number of nitrogens with one attached hydrogen (secondary N) is 1. The molecule has 3 aliphatic rings. The lowest BCUT2D eigenvalue weighted by Crippen LogP contribution is -2.53. The van der Waals surface area contributed by atoms with E-state index in [0.29, 0.717) is 5.54 Å². The third kappa shape index (κ3) is 1.59. The average molecular weight is 194 g/mol. The number of hydrogen-bond acceptors (Lipinski definition) is 2. The second-order valence-corrected chi connectivity index (χ2v) is 5.50. The molecule has 0 bridgehead atoms. The normalized spacial score (nSPS) is 39.4. The first-order chi connectivity index (χ1) is 6.89. The van der Waals surface area contributed by atoms with Gasteiger partial charge in [0.1, 0.15) is 0 Å². The molecule has 1 unspecified atom stereocenters. The second-order valence-electron chi connectivity index (χ2n) is 5.50. The molecule has 1 N–H and O–H groups in total. The van der Waals surface area contributed by atoms with Gasteiger partial charge < -0.3 is 5.32 Å². The predicted octanol–water partition coefficient (Wildman–Crippen LogP) is 1.61. The van der Waals surface area contributed by atoms with E-state index in [1.807, 2.05) is 0 Å². The Morgan fingerprint density at radius 1 is 1.21 bits per heavy atom. The monoisotopic (exact) mass is 194 g/mol. The molecule has 2 heteroatoms. The number of nitrogens with zero attached hydrogens (tertiary/aromatic N) is 1. The molecule has 0 aromatic heterocycles. The standard InChI is InChI=1S/C12H22N2/c1-2-8-14(9-11-3-4-11)12(5-1)6-7-13-10-12/h11,13H,1-10H2. The van der Waals surface area contributed by atoms with Crippen molar-refractivity contribution in [3.63, 3.8) is 0 Å². The van der Waals surface area contributed by atoms with E-state index in [2.05, 4.69) is 10.2 Å². The van der Waals surface area contributed by atoms with Crippen LogP contribution in [-0.4, -0.2) is 36.6 Å². The van der Waals surface area contributed by atoms with E-state index < -0.39 is 0 Å². The fraction of sp³-hybridized carbons (Fsp3) is 1.00. The number of rotatable bonds is 2. The van der Waals surface area contributed by atoms with Crippen molar-refractivity contribution in [3.05, 3.63) is 0 Å². The smallest absolute Gasteiger partial charge is 0.0346 e. The van der Waals surface area contributed by atoms with Gasteiger partial charge in [0, 0.05) is 18.6 Å². The minimum atomic E-state index is 0.584. The summed E-state index contributed by atoms with van der Waals surface area (Å²) in [6, 6.07) is 0. The first kappa shape index (κ1) is 9.17. The third-order valence-electron chi connectivity index (χ3n) is 4.39. The maximum atomic E-state index is 3.56. The van der Waals surface area contributed by atoms with Crippen molar-refractivity contribution in [2.75, 3.05) is 26.2 Å². The Labute approximate surface area is 87.0 Å². The van der Waals surface area contributed by atoms with Gasteiger partial charge in [-0.25, -0.2) is 0 Å². The van der Waals surface area contributed by atoms with Crippen molar-refractivity contribution >= 4 is 0 Å². The summed E-state index contributed by atoms with van der Waals surface area (Å²) in [5.41, 5.74) is 0.584. The SMILES string of the molecule is C1CCC2(CCNC2)N(CC2CC2)C1. The van der Waals surface area contributed by atoms with E-state index in [1.54, 1.807) is 0 Å². The highest BCUT2D eigenvalue weighted by molar-refractivity contribution is 5.00. The Balaban J connectivity index is 1.70. The van der Waals surface area contributed by atoms with Crippen molar-refractivity contribution in [1.29, 1.82) is 0 Å². The molecule has 1 atom stereocenters. The van der Waals surface area contributed by atoms with Gasteiger partial charge in [0.05, 0.1) is 0 Å². The van der Waals surface area contributed by atoms with Crippen molar-refractivity contribution in [3.8, 4) is 0 Å². The van der Waals surface area contributed by atoms with Gasteiger partial charge >= 0.3 is 0 Å². The average Bonchev–Trinajstić information content (AvgIpc) is 2.90. The quantitative estimate of drug-likeness (QED) is 0.718. The predicted molar refractivity (Wildman–Crippen MR) is 58.4 cm³/mol. The molecule has 2 saturated heterocycles. The van der Waals surface area contributed by atoms with E-state index in [0.717, 1.165) is 5.92 Å². The molecule has 3 fully saturated rings. The summed E-state index contributed by atoms with van der Waals surface area (Å²) in [5.74, 6) is 1.06. The number of hydrogen-bond donors (Lipinski definition) is 1. The van der Waals surface area contributed by atoms with Crippen molar-refractivity contribution < 1.29 is 0 Å². The maximum absolute atomic E-state index is 3.56. The summed E-state index contributed by atoms with van der Waals surface area (Å²) in [6.07, 6.45) is 8.75. The summed E-state index contributed by atoms with van der Waals surface area (Å²) >= 11 is 0. The van der Waals surface area contributed by atoms with Crippen LogP contribution in [0.25, 0.3) is 0 Å². The zero-order chi connectivity index (χ0) is 9.43. The van der Waals surface area contributed by atoms with E-state index in [9.17, 15) is 0 Å². The molecule has 3 rings (SSSR count). The van der Waals surface area contributed by atoms with Crippen LogP contribution in [0.5, 0.6) is 0 Å². The Kier molecular flexibility index (Phi) is 2.29.